The number of aliphatic carboxylic acids is 1. The first-order valence-electron chi connectivity index (χ1n) is 6.20. The monoisotopic (exact) mass is 230 g/mol. The number of hydrogen-bond donors (Lipinski definition) is 1. The van der Waals surface area contributed by atoms with Crippen LogP contribution < -0.4 is 0 Å². The fourth-order valence-electron chi connectivity index (χ4n) is 2.39. The van der Waals surface area contributed by atoms with Gasteiger partial charge in [0, 0.05) is 0 Å². The van der Waals surface area contributed by atoms with Gasteiger partial charge in [0.15, 0.2) is 0 Å². The van der Waals surface area contributed by atoms with E-state index >= 15 is 0 Å². The van der Waals surface area contributed by atoms with E-state index < -0.39 is 5.97 Å². The minimum atomic E-state index is -0.647. The van der Waals surface area contributed by atoms with Gasteiger partial charge in [-0.25, -0.2) is 0 Å². The van der Waals surface area contributed by atoms with Gasteiger partial charge in [0.1, 0.15) is 0 Å². The Hall–Kier alpha value is -1.57. The molecule has 1 aliphatic rings. The van der Waals surface area contributed by atoms with Gasteiger partial charge in [-0.2, -0.15) is 0 Å². The van der Waals surface area contributed by atoms with Crippen molar-refractivity contribution in [1.82, 2.24) is 0 Å². The van der Waals surface area contributed by atoms with Gasteiger partial charge < -0.3 is 5.11 Å². The standard InChI is InChI=1S/C15H18O2/c16-15(17)14-9-5-4-8-13(11-14)10-12-6-2-1-3-7-12/h1-3,6-8,14H,4-5,9-11H2,(H,16,17). The molecule has 90 valence electrons. The summed E-state index contributed by atoms with van der Waals surface area (Å²) in [5.41, 5.74) is 2.55. The van der Waals surface area contributed by atoms with Gasteiger partial charge in [0.05, 0.1) is 5.92 Å². The quantitative estimate of drug-likeness (QED) is 0.808. The first-order valence-corrected chi connectivity index (χ1v) is 6.20. The highest BCUT2D eigenvalue weighted by Gasteiger charge is 2.20. The number of allylic oxidation sites excluding steroid dienone is 2. The zero-order valence-corrected chi connectivity index (χ0v) is 9.93. The highest BCUT2D eigenvalue weighted by molar-refractivity contribution is 5.70. The van der Waals surface area contributed by atoms with Crippen molar-refractivity contribution in [3.8, 4) is 0 Å². The van der Waals surface area contributed by atoms with Crippen molar-refractivity contribution in [3.05, 3.63) is 47.5 Å². The number of benzene rings is 1. The molecule has 0 spiro atoms. The Morgan fingerprint density at radius 1 is 1.29 bits per heavy atom. The summed E-state index contributed by atoms with van der Waals surface area (Å²) >= 11 is 0. The molecule has 0 bridgehead atoms. The molecule has 17 heavy (non-hydrogen) atoms. The van der Waals surface area contributed by atoms with Gasteiger partial charge in [-0.05, 0) is 37.7 Å². The van der Waals surface area contributed by atoms with E-state index in [0.29, 0.717) is 6.42 Å². The lowest BCUT2D eigenvalue weighted by Crippen LogP contribution is -2.13. The SMILES string of the molecule is O=C(O)C1CCCC=C(Cc2ccccc2)C1. The van der Waals surface area contributed by atoms with Crippen LogP contribution in [0.5, 0.6) is 0 Å². The number of carboxylic acid groups (broad SMARTS) is 1. The zero-order chi connectivity index (χ0) is 12.1. The van der Waals surface area contributed by atoms with Crippen LogP contribution in [0.25, 0.3) is 0 Å². The lowest BCUT2D eigenvalue weighted by Gasteiger charge is -2.11. The largest absolute Gasteiger partial charge is 0.481 e. The van der Waals surface area contributed by atoms with Gasteiger partial charge in [0.25, 0.3) is 0 Å². The van der Waals surface area contributed by atoms with Crippen molar-refractivity contribution in [2.45, 2.75) is 32.1 Å². The summed E-state index contributed by atoms with van der Waals surface area (Å²) in [6, 6.07) is 10.3. The molecular weight excluding hydrogens is 212 g/mol. The molecule has 0 radical (unpaired) electrons. The van der Waals surface area contributed by atoms with E-state index in [4.69, 9.17) is 5.11 Å². The molecule has 2 heteroatoms. The van der Waals surface area contributed by atoms with Crippen LogP contribution in [-0.2, 0) is 11.2 Å². The van der Waals surface area contributed by atoms with Crippen LogP contribution in [0, 0.1) is 5.92 Å². The fraction of sp³-hybridized carbons (Fsp3) is 0.400. The molecule has 1 aromatic rings. The van der Waals surface area contributed by atoms with E-state index in [1.165, 1.54) is 11.1 Å². The number of carbonyl (C=O) groups is 1. The maximum Gasteiger partial charge on any atom is 0.306 e. The molecule has 2 rings (SSSR count). The molecule has 0 fully saturated rings. The Labute approximate surface area is 102 Å². The Morgan fingerprint density at radius 2 is 2.06 bits per heavy atom. The molecule has 0 saturated heterocycles. The van der Waals surface area contributed by atoms with Crippen LogP contribution in [0.4, 0.5) is 0 Å². The first-order chi connectivity index (χ1) is 8.25. The van der Waals surface area contributed by atoms with Gasteiger partial charge >= 0.3 is 5.97 Å². The molecule has 1 aromatic carbocycles. The van der Waals surface area contributed by atoms with E-state index in [1.54, 1.807) is 0 Å². The molecule has 1 atom stereocenters. The van der Waals surface area contributed by atoms with E-state index in [1.807, 2.05) is 18.2 Å². The molecule has 0 aromatic heterocycles. The molecule has 2 nitrogen and oxygen atoms in total. The number of hydrogen-bond acceptors (Lipinski definition) is 1. The number of carboxylic acids is 1. The molecule has 1 aliphatic carbocycles. The molecule has 0 aliphatic heterocycles. The van der Waals surface area contributed by atoms with Crippen LogP contribution in [-0.4, -0.2) is 11.1 Å². The van der Waals surface area contributed by atoms with Crippen LogP contribution in [0.1, 0.15) is 31.2 Å². The Morgan fingerprint density at radius 3 is 2.76 bits per heavy atom. The smallest absolute Gasteiger partial charge is 0.306 e. The number of rotatable bonds is 3. The zero-order valence-electron chi connectivity index (χ0n) is 9.93. The van der Waals surface area contributed by atoms with Crippen LogP contribution in [0.3, 0.4) is 0 Å². The summed E-state index contributed by atoms with van der Waals surface area (Å²) in [4.78, 5) is 11.1. The Kier molecular flexibility index (Phi) is 3.97. The third-order valence-corrected chi connectivity index (χ3v) is 3.32. The maximum atomic E-state index is 11.1. The average molecular weight is 230 g/mol. The topological polar surface area (TPSA) is 37.3 Å². The normalized spacial score (nSPS) is 20.5. The summed E-state index contributed by atoms with van der Waals surface area (Å²) in [6.07, 6.45) is 6.66. The van der Waals surface area contributed by atoms with Gasteiger partial charge in [-0.3, -0.25) is 4.79 Å². The highest BCUT2D eigenvalue weighted by Crippen LogP contribution is 2.25. The Balaban J connectivity index is 2.04. The van der Waals surface area contributed by atoms with Gasteiger partial charge in [-0.15, -0.1) is 0 Å². The molecule has 0 heterocycles. The first kappa shape index (κ1) is 11.9. The lowest BCUT2D eigenvalue weighted by atomic mass is 9.94. The van der Waals surface area contributed by atoms with Crippen molar-refractivity contribution >= 4 is 5.97 Å². The van der Waals surface area contributed by atoms with Crippen molar-refractivity contribution in [2.75, 3.05) is 0 Å². The second-order valence-corrected chi connectivity index (χ2v) is 4.69. The predicted molar refractivity (Wildman–Crippen MR) is 67.8 cm³/mol. The lowest BCUT2D eigenvalue weighted by molar-refractivity contribution is -0.141. The predicted octanol–water partition coefficient (Wildman–Crippen LogP) is 3.43. The summed E-state index contributed by atoms with van der Waals surface area (Å²) in [5, 5.41) is 9.12. The minimum Gasteiger partial charge on any atom is -0.481 e. The third kappa shape index (κ3) is 3.45. The van der Waals surface area contributed by atoms with Crippen molar-refractivity contribution in [1.29, 1.82) is 0 Å². The third-order valence-electron chi connectivity index (χ3n) is 3.32. The van der Waals surface area contributed by atoms with Crippen LogP contribution in [0.15, 0.2) is 42.0 Å². The summed E-state index contributed by atoms with van der Waals surface area (Å²) in [6.45, 7) is 0. The van der Waals surface area contributed by atoms with Crippen molar-refractivity contribution in [3.63, 3.8) is 0 Å². The Bertz CT molecular complexity index is 406. The van der Waals surface area contributed by atoms with Gasteiger partial charge in [-0.1, -0.05) is 42.0 Å². The molecule has 1 N–H and O–H groups in total. The van der Waals surface area contributed by atoms with E-state index in [9.17, 15) is 4.79 Å². The summed E-state index contributed by atoms with van der Waals surface area (Å²) < 4.78 is 0. The molecular formula is C15H18O2. The van der Waals surface area contributed by atoms with Crippen LogP contribution >= 0.6 is 0 Å². The van der Waals surface area contributed by atoms with E-state index in [0.717, 1.165) is 25.7 Å². The molecule has 1 unspecified atom stereocenters. The van der Waals surface area contributed by atoms with Crippen molar-refractivity contribution in [2.24, 2.45) is 5.92 Å². The fourth-order valence-corrected chi connectivity index (χ4v) is 2.39. The molecule has 0 amide bonds. The maximum absolute atomic E-state index is 11.1. The minimum absolute atomic E-state index is 0.188. The summed E-state index contributed by atoms with van der Waals surface area (Å²) in [7, 11) is 0. The van der Waals surface area contributed by atoms with E-state index in [-0.39, 0.29) is 5.92 Å². The molecule has 0 saturated carbocycles. The second kappa shape index (κ2) is 5.67. The van der Waals surface area contributed by atoms with Crippen LogP contribution in [0.2, 0.25) is 0 Å². The summed E-state index contributed by atoms with van der Waals surface area (Å²) in [5.74, 6) is -0.835. The highest BCUT2D eigenvalue weighted by atomic mass is 16.4. The average Bonchev–Trinajstić information content (AvgIpc) is 2.56. The van der Waals surface area contributed by atoms with Gasteiger partial charge in [0.2, 0.25) is 0 Å². The van der Waals surface area contributed by atoms with Crippen molar-refractivity contribution < 1.29 is 9.90 Å². The second-order valence-electron chi connectivity index (χ2n) is 4.69. The van der Waals surface area contributed by atoms with E-state index in [2.05, 4.69) is 18.2 Å².